The van der Waals surface area contributed by atoms with E-state index >= 15 is 0 Å². The molecule has 3 aromatic rings. The van der Waals surface area contributed by atoms with Crippen molar-refractivity contribution >= 4 is 27.9 Å². The number of pyridine rings is 1. The van der Waals surface area contributed by atoms with E-state index in [0.29, 0.717) is 0 Å². The number of nitrogens with one attached hydrogen (secondary N) is 1. The zero-order valence-electron chi connectivity index (χ0n) is 12.6. The summed E-state index contributed by atoms with van der Waals surface area (Å²) >= 11 is 1.73. The van der Waals surface area contributed by atoms with Crippen LogP contribution in [0.3, 0.4) is 0 Å². The standard InChI is InChI=1S/C17H19N3S/c1-17(2,3)16-20-14(11-21-16)10-18-13-8-12-6-4-5-7-15(12)19-9-13/h4-9,11,18H,10H2,1-3H3. The second kappa shape index (κ2) is 5.45. The Morgan fingerprint density at radius 3 is 2.76 bits per heavy atom. The Morgan fingerprint density at radius 2 is 2.00 bits per heavy atom. The average Bonchev–Trinajstić information content (AvgIpc) is 2.94. The van der Waals surface area contributed by atoms with Crippen LogP contribution >= 0.6 is 11.3 Å². The molecule has 21 heavy (non-hydrogen) atoms. The summed E-state index contributed by atoms with van der Waals surface area (Å²) in [6.07, 6.45) is 1.87. The van der Waals surface area contributed by atoms with Crippen LogP contribution < -0.4 is 5.32 Å². The highest BCUT2D eigenvalue weighted by Crippen LogP contribution is 2.26. The molecule has 0 saturated carbocycles. The van der Waals surface area contributed by atoms with Crippen LogP contribution in [0.5, 0.6) is 0 Å². The van der Waals surface area contributed by atoms with Crippen LogP contribution in [0.15, 0.2) is 41.9 Å². The Kier molecular flexibility index (Phi) is 3.64. The molecule has 0 saturated heterocycles. The van der Waals surface area contributed by atoms with Crippen molar-refractivity contribution in [3.63, 3.8) is 0 Å². The second-order valence-corrected chi connectivity index (χ2v) is 7.02. The predicted octanol–water partition coefficient (Wildman–Crippen LogP) is 4.60. The summed E-state index contributed by atoms with van der Waals surface area (Å²) in [6.45, 7) is 7.30. The van der Waals surface area contributed by atoms with E-state index < -0.39 is 0 Å². The lowest BCUT2D eigenvalue weighted by atomic mass is 9.98. The zero-order valence-corrected chi connectivity index (χ0v) is 13.4. The summed E-state index contributed by atoms with van der Waals surface area (Å²) in [4.78, 5) is 9.15. The number of fused-ring (bicyclic) bond motifs is 1. The minimum absolute atomic E-state index is 0.118. The molecule has 1 aromatic carbocycles. The molecule has 0 aliphatic rings. The van der Waals surface area contributed by atoms with Gasteiger partial charge < -0.3 is 5.32 Å². The van der Waals surface area contributed by atoms with E-state index in [-0.39, 0.29) is 5.41 Å². The van der Waals surface area contributed by atoms with Crippen LogP contribution in [-0.2, 0) is 12.0 Å². The first kappa shape index (κ1) is 14.0. The summed E-state index contributed by atoms with van der Waals surface area (Å²) in [5, 5.41) is 7.85. The van der Waals surface area contributed by atoms with Crippen molar-refractivity contribution in [2.24, 2.45) is 0 Å². The first-order valence-corrected chi connectivity index (χ1v) is 7.94. The normalized spacial score (nSPS) is 11.8. The number of para-hydroxylation sites is 1. The summed E-state index contributed by atoms with van der Waals surface area (Å²) in [6, 6.07) is 10.3. The minimum atomic E-state index is 0.118. The molecule has 0 atom stereocenters. The monoisotopic (exact) mass is 297 g/mol. The largest absolute Gasteiger partial charge is 0.378 e. The molecule has 0 fully saturated rings. The Bertz CT molecular complexity index is 756. The van der Waals surface area contributed by atoms with Gasteiger partial charge in [0, 0.05) is 16.2 Å². The van der Waals surface area contributed by atoms with Gasteiger partial charge in [-0.05, 0) is 12.1 Å². The molecule has 0 aliphatic carbocycles. The number of hydrogen-bond acceptors (Lipinski definition) is 4. The van der Waals surface area contributed by atoms with Crippen molar-refractivity contribution in [2.45, 2.75) is 32.7 Å². The highest BCUT2D eigenvalue weighted by Gasteiger charge is 2.17. The zero-order chi connectivity index (χ0) is 14.9. The molecule has 1 N–H and O–H groups in total. The van der Waals surface area contributed by atoms with Crippen LogP contribution in [0.2, 0.25) is 0 Å². The molecule has 3 rings (SSSR count). The Hall–Kier alpha value is -1.94. The van der Waals surface area contributed by atoms with Gasteiger partial charge in [-0.1, -0.05) is 39.0 Å². The SMILES string of the molecule is CC(C)(C)c1nc(CNc2cnc3ccccc3c2)cs1. The lowest BCUT2D eigenvalue weighted by Crippen LogP contribution is -2.11. The van der Waals surface area contributed by atoms with Crippen LogP contribution in [0.1, 0.15) is 31.5 Å². The molecule has 2 aromatic heterocycles. The van der Waals surface area contributed by atoms with Gasteiger partial charge >= 0.3 is 0 Å². The molecule has 0 radical (unpaired) electrons. The van der Waals surface area contributed by atoms with Gasteiger partial charge in [0.05, 0.1) is 34.6 Å². The molecular weight excluding hydrogens is 278 g/mol. The summed E-state index contributed by atoms with van der Waals surface area (Å²) in [7, 11) is 0. The number of aromatic nitrogens is 2. The molecular formula is C17H19N3S. The Balaban J connectivity index is 1.73. The molecule has 0 unspecified atom stereocenters. The van der Waals surface area contributed by atoms with E-state index in [9.17, 15) is 0 Å². The topological polar surface area (TPSA) is 37.8 Å². The number of thiazole rings is 1. The summed E-state index contributed by atoms with van der Waals surface area (Å²) in [5.41, 5.74) is 3.25. The first-order valence-electron chi connectivity index (χ1n) is 7.06. The number of hydrogen-bond donors (Lipinski definition) is 1. The molecule has 0 bridgehead atoms. The van der Waals surface area contributed by atoms with E-state index in [2.05, 4.69) is 48.6 Å². The number of nitrogens with zero attached hydrogens (tertiary/aromatic N) is 2. The van der Waals surface area contributed by atoms with E-state index in [1.54, 1.807) is 11.3 Å². The van der Waals surface area contributed by atoms with E-state index in [1.165, 1.54) is 5.01 Å². The van der Waals surface area contributed by atoms with Gasteiger partial charge in [-0.15, -0.1) is 11.3 Å². The molecule has 108 valence electrons. The maximum absolute atomic E-state index is 4.69. The fraction of sp³-hybridized carbons (Fsp3) is 0.294. The average molecular weight is 297 g/mol. The van der Waals surface area contributed by atoms with Crippen molar-refractivity contribution in [2.75, 3.05) is 5.32 Å². The van der Waals surface area contributed by atoms with Crippen LogP contribution in [0.4, 0.5) is 5.69 Å². The predicted molar refractivity (Wildman–Crippen MR) is 89.9 cm³/mol. The van der Waals surface area contributed by atoms with Gasteiger partial charge in [0.25, 0.3) is 0 Å². The second-order valence-electron chi connectivity index (χ2n) is 6.16. The van der Waals surface area contributed by atoms with Crippen molar-refractivity contribution < 1.29 is 0 Å². The van der Waals surface area contributed by atoms with E-state index in [0.717, 1.165) is 28.8 Å². The Morgan fingerprint density at radius 1 is 1.19 bits per heavy atom. The summed E-state index contributed by atoms with van der Waals surface area (Å²) in [5.74, 6) is 0. The van der Waals surface area contributed by atoms with Gasteiger partial charge in [-0.3, -0.25) is 4.98 Å². The van der Waals surface area contributed by atoms with Gasteiger partial charge in [-0.25, -0.2) is 4.98 Å². The van der Waals surface area contributed by atoms with Gasteiger partial charge in [0.2, 0.25) is 0 Å². The van der Waals surface area contributed by atoms with E-state index in [4.69, 9.17) is 4.98 Å². The number of rotatable bonds is 3. The van der Waals surface area contributed by atoms with Crippen LogP contribution in [0, 0.1) is 0 Å². The maximum Gasteiger partial charge on any atom is 0.0982 e. The quantitative estimate of drug-likeness (QED) is 0.767. The number of anilines is 1. The lowest BCUT2D eigenvalue weighted by molar-refractivity contribution is 0.583. The van der Waals surface area contributed by atoms with Gasteiger partial charge in [0.1, 0.15) is 0 Å². The third-order valence-corrected chi connectivity index (χ3v) is 4.57. The fourth-order valence-corrected chi connectivity index (χ4v) is 3.00. The minimum Gasteiger partial charge on any atom is -0.378 e. The first-order chi connectivity index (χ1) is 10.0. The smallest absolute Gasteiger partial charge is 0.0982 e. The molecule has 0 aliphatic heterocycles. The lowest BCUT2D eigenvalue weighted by Gasteiger charge is -2.13. The highest BCUT2D eigenvalue weighted by molar-refractivity contribution is 7.09. The molecule has 4 heteroatoms. The third kappa shape index (κ3) is 3.22. The Labute approximate surface area is 129 Å². The van der Waals surface area contributed by atoms with Crippen LogP contribution in [-0.4, -0.2) is 9.97 Å². The fourth-order valence-electron chi connectivity index (χ4n) is 2.09. The molecule has 0 spiro atoms. The van der Waals surface area contributed by atoms with Crippen molar-refractivity contribution in [3.8, 4) is 0 Å². The summed E-state index contributed by atoms with van der Waals surface area (Å²) < 4.78 is 0. The molecule has 0 amide bonds. The van der Waals surface area contributed by atoms with Gasteiger partial charge in [0.15, 0.2) is 0 Å². The van der Waals surface area contributed by atoms with Crippen LogP contribution in [0.25, 0.3) is 10.9 Å². The van der Waals surface area contributed by atoms with Crippen molar-refractivity contribution in [1.29, 1.82) is 0 Å². The third-order valence-electron chi connectivity index (χ3n) is 3.26. The highest BCUT2D eigenvalue weighted by atomic mass is 32.1. The number of benzene rings is 1. The van der Waals surface area contributed by atoms with Crippen molar-refractivity contribution in [3.05, 3.63) is 52.6 Å². The van der Waals surface area contributed by atoms with Gasteiger partial charge in [-0.2, -0.15) is 0 Å². The van der Waals surface area contributed by atoms with Crippen molar-refractivity contribution in [1.82, 2.24) is 9.97 Å². The van der Waals surface area contributed by atoms with E-state index in [1.807, 2.05) is 24.4 Å². The molecule has 2 heterocycles. The maximum atomic E-state index is 4.69. The molecule has 3 nitrogen and oxygen atoms in total.